The van der Waals surface area contributed by atoms with Crippen molar-refractivity contribution in [2.24, 2.45) is 15.1 Å². The second-order valence-electron chi connectivity index (χ2n) is 5.36. The minimum absolute atomic E-state index is 0.204. The maximum absolute atomic E-state index is 11.0. The van der Waals surface area contributed by atoms with E-state index in [2.05, 4.69) is 20.5 Å². The van der Waals surface area contributed by atoms with Crippen LogP contribution in [0.15, 0.2) is 63.6 Å². The molecule has 1 aliphatic heterocycles. The van der Waals surface area contributed by atoms with E-state index in [4.69, 9.17) is 28.3 Å². The summed E-state index contributed by atoms with van der Waals surface area (Å²) in [4.78, 5) is 20.1. The number of carboxylic acid groups (broad SMARTS) is 1. The Labute approximate surface area is 159 Å². The number of carboxylic acids is 1. The first-order valence-electron chi connectivity index (χ1n) is 7.67. The number of benzene rings is 2. The van der Waals surface area contributed by atoms with E-state index in [1.165, 1.54) is 0 Å². The van der Waals surface area contributed by atoms with Gasteiger partial charge in [-0.2, -0.15) is 5.10 Å². The van der Waals surface area contributed by atoms with Crippen molar-refractivity contribution >= 4 is 52.1 Å². The fourth-order valence-corrected chi connectivity index (χ4v) is 2.73. The molecule has 2 aromatic carbocycles. The average molecular weight is 389 g/mol. The van der Waals surface area contributed by atoms with Crippen molar-refractivity contribution in [1.29, 1.82) is 0 Å². The number of hydrogen-bond acceptors (Lipinski definition) is 5. The zero-order chi connectivity index (χ0) is 18.5. The summed E-state index contributed by atoms with van der Waals surface area (Å²) in [5.74, 6) is -1.01. The number of hydrogen-bond donors (Lipinski definition) is 2. The molecule has 1 aliphatic rings. The third kappa shape index (κ3) is 4.09. The van der Waals surface area contributed by atoms with Gasteiger partial charge in [0, 0.05) is 16.1 Å². The minimum atomic E-state index is -1.19. The Hall–Kier alpha value is -2.70. The Morgan fingerprint density at radius 2 is 2.00 bits per heavy atom. The van der Waals surface area contributed by atoms with E-state index in [0.717, 1.165) is 16.8 Å². The lowest BCUT2D eigenvalue weighted by Crippen LogP contribution is -2.26. The van der Waals surface area contributed by atoms with Crippen LogP contribution >= 0.6 is 23.2 Å². The number of hydrazone groups is 1. The van der Waals surface area contributed by atoms with Crippen LogP contribution in [0.4, 0.5) is 5.69 Å². The fourth-order valence-electron chi connectivity index (χ4n) is 2.39. The number of nitrogens with one attached hydrogen (secondary N) is 1. The normalized spacial score (nSPS) is 14.0. The second-order valence-corrected chi connectivity index (χ2v) is 6.06. The summed E-state index contributed by atoms with van der Waals surface area (Å²) in [6.07, 6.45) is 0. The molecule has 2 aromatic rings. The third-order valence-electron chi connectivity index (χ3n) is 3.60. The molecule has 2 N–H and O–H groups in total. The first-order chi connectivity index (χ1) is 12.6. The molecule has 0 aromatic heterocycles. The standard InChI is InChI=1S/C18H14Cl2N4O2/c19-9-15(18(25)26)23-24-16-10-21-17(11-4-2-1-3-5-11)13-8-12(20)6-7-14(13)22-16/h1-8H,9-10H2,(H,22,24)(H,25,26)/b23-15-. The molecule has 0 fully saturated rings. The van der Waals surface area contributed by atoms with E-state index in [1.807, 2.05) is 30.3 Å². The molecule has 0 amide bonds. The van der Waals surface area contributed by atoms with E-state index in [0.29, 0.717) is 16.5 Å². The lowest BCUT2D eigenvalue weighted by Gasteiger charge is -2.08. The zero-order valence-corrected chi connectivity index (χ0v) is 15.0. The Balaban J connectivity index is 2.01. The zero-order valence-electron chi connectivity index (χ0n) is 13.5. The number of rotatable bonds is 4. The first kappa shape index (κ1) is 18.1. The number of nitrogens with zero attached hydrogens (tertiary/aromatic N) is 3. The van der Waals surface area contributed by atoms with E-state index >= 15 is 0 Å². The van der Waals surface area contributed by atoms with Gasteiger partial charge in [0.25, 0.3) is 0 Å². The molecule has 6 nitrogen and oxygen atoms in total. The van der Waals surface area contributed by atoms with Crippen LogP contribution in [0.1, 0.15) is 11.1 Å². The van der Waals surface area contributed by atoms with Crippen molar-refractivity contribution in [2.45, 2.75) is 0 Å². The summed E-state index contributed by atoms with van der Waals surface area (Å²) in [7, 11) is 0. The minimum Gasteiger partial charge on any atom is -0.477 e. The van der Waals surface area contributed by atoms with Crippen LogP contribution in [0.5, 0.6) is 0 Å². The molecule has 0 saturated carbocycles. The van der Waals surface area contributed by atoms with Gasteiger partial charge in [-0.3, -0.25) is 10.4 Å². The monoisotopic (exact) mass is 388 g/mol. The van der Waals surface area contributed by atoms with E-state index in [9.17, 15) is 4.79 Å². The Morgan fingerprint density at radius 1 is 1.23 bits per heavy atom. The molecule has 1 heterocycles. The molecular formula is C18H14Cl2N4O2. The van der Waals surface area contributed by atoms with Gasteiger partial charge in [0.15, 0.2) is 5.71 Å². The lowest BCUT2D eigenvalue weighted by atomic mass is 10.0. The number of fused-ring (bicyclic) bond motifs is 1. The molecule has 0 unspecified atom stereocenters. The molecule has 132 valence electrons. The molecule has 0 radical (unpaired) electrons. The highest BCUT2D eigenvalue weighted by molar-refractivity contribution is 6.46. The van der Waals surface area contributed by atoms with Gasteiger partial charge in [-0.1, -0.05) is 41.9 Å². The highest BCUT2D eigenvalue weighted by atomic mass is 35.5. The van der Waals surface area contributed by atoms with Crippen molar-refractivity contribution in [3.63, 3.8) is 0 Å². The summed E-state index contributed by atoms with van der Waals surface area (Å²) < 4.78 is 0. The van der Waals surface area contributed by atoms with Gasteiger partial charge in [-0.15, -0.1) is 11.6 Å². The van der Waals surface area contributed by atoms with Crippen molar-refractivity contribution < 1.29 is 9.90 Å². The molecule has 0 bridgehead atoms. The van der Waals surface area contributed by atoms with Crippen LogP contribution in [0.25, 0.3) is 0 Å². The van der Waals surface area contributed by atoms with Crippen LogP contribution in [0.2, 0.25) is 5.02 Å². The van der Waals surface area contributed by atoms with Gasteiger partial charge in [0.05, 0.1) is 23.8 Å². The molecule has 26 heavy (non-hydrogen) atoms. The van der Waals surface area contributed by atoms with Crippen molar-refractivity contribution in [3.05, 3.63) is 64.7 Å². The van der Waals surface area contributed by atoms with Crippen LogP contribution in [-0.4, -0.2) is 40.8 Å². The summed E-state index contributed by atoms with van der Waals surface area (Å²) >= 11 is 11.7. The largest absolute Gasteiger partial charge is 0.477 e. The van der Waals surface area contributed by atoms with Crippen molar-refractivity contribution in [1.82, 2.24) is 5.43 Å². The predicted octanol–water partition coefficient (Wildman–Crippen LogP) is 3.49. The molecular weight excluding hydrogens is 375 g/mol. The van der Waals surface area contributed by atoms with E-state index < -0.39 is 5.97 Å². The highest BCUT2D eigenvalue weighted by Crippen LogP contribution is 2.28. The molecule has 0 saturated heterocycles. The maximum Gasteiger partial charge on any atom is 0.353 e. The Morgan fingerprint density at radius 3 is 2.69 bits per heavy atom. The summed E-state index contributed by atoms with van der Waals surface area (Å²) in [6, 6.07) is 15.0. The summed E-state index contributed by atoms with van der Waals surface area (Å²) in [5.41, 5.74) is 5.59. The molecule has 8 heteroatoms. The van der Waals surface area contributed by atoms with Gasteiger partial charge in [0.1, 0.15) is 5.84 Å². The van der Waals surface area contributed by atoms with E-state index in [-0.39, 0.29) is 18.1 Å². The van der Waals surface area contributed by atoms with Gasteiger partial charge in [-0.05, 0) is 18.2 Å². The lowest BCUT2D eigenvalue weighted by molar-refractivity contribution is -0.129. The quantitative estimate of drug-likeness (QED) is 0.477. The van der Waals surface area contributed by atoms with Crippen LogP contribution < -0.4 is 5.43 Å². The third-order valence-corrected chi connectivity index (χ3v) is 4.08. The van der Waals surface area contributed by atoms with Gasteiger partial charge in [-0.25, -0.2) is 9.79 Å². The first-order valence-corrected chi connectivity index (χ1v) is 8.59. The number of alkyl halides is 1. The van der Waals surface area contributed by atoms with E-state index in [1.54, 1.807) is 18.2 Å². The van der Waals surface area contributed by atoms with Crippen molar-refractivity contribution in [3.8, 4) is 0 Å². The Bertz CT molecular complexity index is 924. The molecule has 0 aliphatic carbocycles. The van der Waals surface area contributed by atoms with Crippen LogP contribution in [0.3, 0.4) is 0 Å². The van der Waals surface area contributed by atoms with Gasteiger partial charge < -0.3 is 5.11 Å². The molecule has 0 atom stereocenters. The summed E-state index contributed by atoms with van der Waals surface area (Å²) in [5, 5.41) is 13.4. The number of amidine groups is 1. The van der Waals surface area contributed by atoms with Gasteiger partial charge in [0.2, 0.25) is 0 Å². The number of carbonyl (C=O) groups is 1. The predicted molar refractivity (Wildman–Crippen MR) is 104 cm³/mol. The SMILES string of the molecule is O=C(O)/C(CCl)=N\NC1=Nc2ccc(Cl)cc2C(c2ccccc2)=NC1. The molecule has 0 spiro atoms. The summed E-state index contributed by atoms with van der Waals surface area (Å²) in [6.45, 7) is 0.204. The topological polar surface area (TPSA) is 86.4 Å². The van der Waals surface area contributed by atoms with Crippen LogP contribution in [-0.2, 0) is 4.79 Å². The highest BCUT2D eigenvalue weighted by Gasteiger charge is 2.17. The Kier molecular flexibility index (Phi) is 5.65. The number of aliphatic imine (C=N–C) groups is 2. The van der Waals surface area contributed by atoms with Crippen molar-refractivity contribution in [2.75, 3.05) is 12.4 Å². The number of halogens is 2. The average Bonchev–Trinajstić information content (AvgIpc) is 2.82. The maximum atomic E-state index is 11.0. The number of aliphatic carboxylic acids is 1. The van der Waals surface area contributed by atoms with Gasteiger partial charge >= 0.3 is 5.97 Å². The smallest absolute Gasteiger partial charge is 0.353 e. The second kappa shape index (κ2) is 8.12. The fraction of sp³-hybridized carbons (Fsp3) is 0.111. The van der Waals surface area contributed by atoms with Crippen LogP contribution in [0, 0.1) is 0 Å². The molecule has 3 rings (SSSR count).